The third-order valence-corrected chi connectivity index (χ3v) is 5.87. The van der Waals surface area contributed by atoms with Crippen LogP contribution in [0.4, 0.5) is 0 Å². The van der Waals surface area contributed by atoms with Crippen molar-refractivity contribution in [3.63, 3.8) is 0 Å². The number of amides is 2. The first-order valence-electron chi connectivity index (χ1n) is 9.62. The number of likely N-dealkylation sites (N-methyl/N-ethyl adjacent to an activating group) is 1. The third kappa shape index (κ3) is 3.84. The van der Waals surface area contributed by atoms with Crippen molar-refractivity contribution in [3.05, 3.63) is 94.2 Å². The van der Waals surface area contributed by atoms with E-state index in [1.54, 1.807) is 23.3 Å². The van der Waals surface area contributed by atoms with Crippen LogP contribution >= 0.6 is 11.3 Å². The molecular formula is C23H22N4O2S. The Kier molecular flexibility index (Phi) is 5.63. The first-order valence-corrected chi connectivity index (χ1v) is 10.5. The van der Waals surface area contributed by atoms with Gasteiger partial charge in [0.15, 0.2) is 5.54 Å². The van der Waals surface area contributed by atoms with E-state index < -0.39 is 5.54 Å². The Morgan fingerprint density at radius 1 is 1.03 bits per heavy atom. The van der Waals surface area contributed by atoms with Gasteiger partial charge in [-0.1, -0.05) is 66.7 Å². The molecule has 152 valence electrons. The van der Waals surface area contributed by atoms with Gasteiger partial charge >= 0.3 is 0 Å². The standard InChI is InChI=1S/C23H22N4O2S/c1-27(16-20(28)24-15-19-13-8-14-30-19)22-25-21(29)23(26-22,17-9-4-2-5-10-17)18-11-6-3-7-12-18/h2-14H,15-16H2,1H3,(H,24,28)(H,25,26,29). The van der Waals surface area contributed by atoms with E-state index in [2.05, 4.69) is 10.6 Å². The second kappa shape index (κ2) is 8.51. The average Bonchev–Trinajstić information content (AvgIpc) is 3.42. The van der Waals surface area contributed by atoms with Gasteiger partial charge in [0.2, 0.25) is 11.9 Å². The van der Waals surface area contributed by atoms with Gasteiger partial charge in [-0.15, -0.1) is 11.3 Å². The average molecular weight is 419 g/mol. The molecule has 30 heavy (non-hydrogen) atoms. The quantitative estimate of drug-likeness (QED) is 0.647. The molecule has 0 fully saturated rings. The molecule has 7 heteroatoms. The van der Waals surface area contributed by atoms with Crippen LogP contribution in [-0.2, 0) is 21.7 Å². The molecule has 2 heterocycles. The van der Waals surface area contributed by atoms with Gasteiger partial charge in [0.1, 0.15) is 0 Å². The topological polar surface area (TPSA) is 73.8 Å². The number of carbonyl (C=O) groups excluding carboxylic acids is 2. The minimum absolute atomic E-state index is 0.0874. The number of aliphatic imine (C=N–C) groups is 1. The Morgan fingerprint density at radius 3 is 2.23 bits per heavy atom. The molecule has 1 aliphatic rings. The van der Waals surface area contributed by atoms with E-state index in [-0.39, 0.29) is 18.4 Å². The molecule has 1 aromatic heterocycles. The maximum Gasteiger partial charge on any atom is 0.264 e. The first kappa shape index (κ1) is 19.8. The van der Waals surface area contributed by atoms with Crippen molar-refractivity contribution in [1.29, 1.82) is 0 Å². The van der Waals surface area contributed by atoms with E-state index in [9.17, 15) is 9.59 Å². The van der Waals surface area contributed by atoms with Crippen LogP contribution in [0.25, 0.3) is 0 Å². The number of guanidine groups is 1. The monoisotopic (exact) mass is 418 g/mol. The largest absolute Gasteiger partial charge is 0.350 e. The number of nitrogens with zero attached hydrogens (tertiary/aromatic N) is 2. The molecule has 0 spiro atoms. The lowest BCUT2D eigenvalue weighted by atomic mass is 9.83. The van der Waals surface area contributed by atoms with Gasteiger partial charge in [0, 0.05) is 11.9 Å². The molecule has 2 N–H and O–H groups in total. The molecular weight excluding hydrogens is 396 g/mol. The summed E-state index contributed by atoms with van der Waals surface area (Å²) in [6.45, 7) is 0.575. The van der Waals surface area contributed by atoms with Gasteiger partial charge < -0.3 is 10.2 Å². The normalized spacial score (nSPS) is 14.7. The summed E-state index contributed by atoms with van der Waals surface area (Å²) in [7, 11) is 1.75. The fourth-order valence-corrected chi connectivity index (χ4v) is 4.12. The smallest absolute Gasteiger partial charge is 0.264 e. The highest BCUT2D eigenvalue weighted by Crippen LogP contribution is 2.37. The van der Waals surface area contributed by atoms with Crippen molar-refractivity contribution in [2.75, 3.05) is 13.6 Å². The van der Waals surface area contributed by atoms with Crippen LogP contribution in [0.15, 0.2) is 83.2 Å². The van der Waals surface area contributed by atoms with Crippen molar-refractivity contribution < 1.29 is 9.59 Å². The summed E-state index contributed by atoms with van der Waals surface area (Å²) >= 11 is 1.60. The maximum absolute atomic E-state index is 13.2. The summed E-state index contributed by atoms with van der Waals surface area (Å²) in [5, 5.41) is 7.75. The van der Waals surface area contributed by atoms with Crippen LogP contribution in [0, 0.1) is 0 Å². The van der Waals surface area contributed by atoms with Gasteiger partial charge in [0.05, 0.1) is 13.1 Å². The Hall–Kier alpha value is -3.45. The molecule has 2 aromatic carbocycles. The molecule has 4 rings (SSSR count). The van der Waals surface area contributed by atoms with Gasteiger partial charge in [0.25, 0.3) is 5.91 Å². The fourth-order valence-electron chi connectivity index (χ4n) is 3.47. The summed E-state index contributed by atoms with van der Waals surface area (Å²) in [6, 6.07) is 22.9. The zero-order chi connectivity index (χ0) is 21.0. The number of nitrogens with one attached hydrogen (secondary N) is 2. The van der Waals surface area contributed by atoms with Crippen molar-refractivity contribution in [1.82, 2.24) is 15.5 Å². The van der Waals surface area contributed by atoms with Crippen molar-refractivity contribution >= 4 is 29.1 Å². The van der Waals surface area contributed by atoms with Gasteiger partial charge in [-0.3, -0.25) is 14.9 Å². The summed E-state index contributed by atoms with van der Waals surface area (Å²) in [4.78, 5) is 33.2. The van der Waals surface area contributed by atoms with Crippen molar-refractivity contribution in [2.45, 2.75) is 12.1 Å². The number of hydrogen-bond donors (Lipinski definition) is 2. The lowest BCUT2D eigenvalue weighted by Crippen LogP contribution is -2.44. The predicted octanol–water partition coefficient (Wildman–Crippen LogP) is 2.73. The molecule has 0 saturated carbocycles. The second-order valence-corrected chi connectivity index (χ2v) is 8.08. The van der Waals surface area contributed by atoms with Crippen molar-refractivity contribution in [3.8, 4) is 0 Å². The van der Waals surface area contributed by atoms with Crippen LogP contribution in [0.5, 0.6) is 0 Å². The van der Waals surface area contributed by atoms with Gasteiger partial charge in [-0.25, -0.2) is 4.99 Å². The minimum atomic E-state index is -1.18. The number of rotatable bonds is 6. The molecule has 0 atom stereocenters. The first-order chi connectivity index (χ1) is 14.6. The van der Waals surface area contributed by atoms with Crippen LogP contribution < -0.4 is 10.6 Å². The van der Waals surface area contributed by atoms with E-state index in [0.717, 1.165) is 16.0 Å². The molecule has 0 saturated heterocycles. The number of benzene rings is 2. The molecule has 0 unspecified atom stereocenters. The number of carbonyl (C=O) groups is 2. The molecule has 3 aromatic rings. The second-order valence-electron chi connectivity index (χ2n) is 7.04. The zero-order valence-corrected chi connectivity index (χ0v) is 17.4. The highest BCUT2D eigenvalue weighted by molar-refractivity contribution is 7.09. The lowest BCUT2D eigenvalue weighted by Gasteiger charge is -2.24. The van der Waals surface area contributed by atoms with Crippen LogP contribution in [0.1, 0.15) is 16.0 Å². The predicted molar refractivity (Wildman–Crippen MR) is 118 cm³/mol. The summed E-state index contributed by atoms with van der Waals surface area (Å²) in [6.07, 6.45) is 0. The minimum Gasteiger partial charge on any atom is -0.350 e. The zero-order valence-electron chi connectivity index (χ0n) is 16.5. The fraction of sp³-hybridized carbons (Fsp3) is 0.174. The van der Waals surface area contributed by atoms with E-state index in [0.29, 0.717) is 12.5 Å². The molecule has 6 nitrogen and oxygen atoms in total. The van der Waals surface area contributed by atoms with Crippen molar-refractivity contribution in [2.24, 2.45) is 4.99 Å². The summed E-state index contributed by atoms with van der Waals surface area (Å²) in [5.41, 5.74) is 0.373. The van der Waals surface area contributed by atoms with E-state index >= 15 is 0 Å². The molecule has 0 radical (unpaired) electrons. The maximum atomic E-state index is 13.2. The lowest BCUT2D eigenvalue weighted by molar-refractivity contribution is -0.123. The highest BCUT2D eigenvalue weighted by Gasteiger charge is 2.47. The Bertz CT molecular complexity index is 1010. The Labute approximate surface area is 179 Å². The van der Waals surface area contributed by atoms with Gasteiger partial charge in [-0.2, -0.15) is 0 Å². The van der Waals surface area contributed by atoms with Crippen LogP contribution in [0.2, 0.25) is 0 Å². The van der Waals surface area contributed by atoms with E-state index in [1.807, 2.05) is 78.2 Å². The van der Waals surface area contributed by atoms with Crippen LogP contribution in [-0.4, -0.2) is 36.3 Å². The SMILES string of the molecule is CN(CC(=O)NCc1cccs1)C1=NC(c2ccccc2)(c2ccccc2)C(=O)N1. The molecule has 1 aliphatic heterocycles. The molecule has 0 aliphatic carbocycles. The Morgan fingerprint density at radius 2 is 1.67 bits per heavy atom. The van der Waals surface area contributed by atoms with Crippen LogP contribution in [0.3, 0.4) is 0 Å². The summed E-state index contributed by atoms with van der Waals surface area (Å²) in [5.74, 6) is -0.000468. The van der Waals surface area contributed by atoms with E-state index in [4.69, 9.17) is 4.99 Å². The molecule has 2 amide bonds. The van der Waals surface area contributed by atoms with E-state index in [1.165, 1.54) is 0 Å². The number of thiophene rings is 1. The third-order valence-electron chi connectivity index (χ3n) is 4.99. The number of hydrogen-bond acceptors (Lipinski definition) is 5. The highest BCUT2D eigenvalue weighted by atomic mass is 32.1. The molecule has 0 bridgehead atoms. The Balaban J connectivity index is 1.58. The van der Waals surface area contributed by atoms with Gasteiger partial charge in [-0.05, 0) is 22.6 Å². The summed E-state index contributed by atoms with van der Waals surface area (Å²) < 4.78 is 0.